The highest BCUT2D eigenvalue weighted by Crippen LogP contribution is 2.15. The number of β-amino-alcohol motifs (C(OH)–C–C–N with tert-alkyl or cyclic N) is 1. The van der Waals surface area contributed by atoms with Crippen LogP contribution in [0, 0.1) is 6.92 Å². The Labute approximate surface area is 134 Å². The Morgan fingerprint density at radius 1 is 1.36 bits per heavy atom. The van der Waals surface area contributed by atoms with Gasteiger partial charge in [-0.1, -0.05) is 19.1 Å². The Balaban J connectivity index is 1.75. The third-order valence-corrected chi connectivity index (χ3v) is 4.32. The molecule has 1 fully saturated rings. The Hall–Kier alpha value is -1.10. The summed E-state index contributed by atoms with van der Waals surface area (Å²) in [4.78, 5) is 4.89. The topological polar surface area (TPSA) is 35.9 Å². The minimum Gasteiger partial charge on any atom is -0.492 e. The van der Waals surface area contributed by atoms with Gasteiger partial charge in [0, 0.05) is 38.8 Å². The molecule has 1 heterocycles. The molecule has 0 aliphatic carbocycles. The minimum atomic E-state index is -0.245. The van der Waals surface area contributed by atoms with Gasteiger partial charge in [-0.15, -0.1) is 0 Å². The fourth-order valence-corrected chi connectivity index (χ4v) is 3.13. The molecule has 0 radical (unpaired) electrons. The summed E-state index contributed by atoms with van der Waals surface area (Å²) >= 11 is 0. The van der Waals surface area contributed by atoms with Gasteiger partial charge in [0.2, 0.25) is 0 Å². The molecule has 1 aliphatic rings. The number of hydrogen-bond donors (Lipinski definition) is 1. The number of ether oxygens (including phenoxy) is 1. The molecule has 124 valence electrons. The third-order valence-electron chi connectivity index (χ3n) is 4.32. The van der Waals surface area contributed by atoms with E-state index in [0.29, 0.717) is 6.04 Å². The van der Waals surface area contributed by atoms with Crippen LogP contribution in [0.4, 0.5) is 0 Å². The monoisotopic (exact) mass is 306 g/mol. The van der Waals surface area contributed by atoms with Gasteiger partial charge in [-0.05, 0) is 38.0 Å². The maximum absolute atomic E-state index is 9.60. The molecule has 0 spiro atoms. The number of rotatable bonds is 7. The van der Waals surface area contributed by atoms with Crippen molar-refractivity contribution in [2.45, 2.75) is 39.3 Å². The van der Waals surface area contributed by atoms with Gasteiger partial charge in [0.05, 0.1) is 6.10 Å². The second-order valence-electron chi connectivity index (χ2n) is 6.37. The predicted molar refractivity (Wildman–Crippen MR) is 90.4 cm³/mol. The Morgan fingerprint density at radius 2 is 2.18 bits per heavy atom. The molecule has 1 saturated heterocycles. The molecule has 1 aromatic rings. The predicted octanol–water partition coefficient (Wildman–Crippen LogP) is 2.15. The van der Waals surface area contributed by atoms with E-state index in [1.165, 1.54) is 5.56 Å². The summed E-state index contributed by atoms with van der Waals surface area (Å²) < 4.78 is 5.85. The molecule has 0 saturated carbocycles. The Morgan fingerprint density at radius 3 is 2.86 bits per heavy atom. The highest BCUT2D eigenvalue weighted by atomic mass is 16.5. The quantitative estimate of drug-likeness (QED) is 0.837. The van der Waals surface area contributed by atoms with E-state index in [9.17, 15) is 5.11 Å². The van der Waals surface area contributed by atoms with E-state index in [1.54, 1.807) is 0 Å². The summed E-state index contributed by atoms with van der Waals surface area (Å²) in [5.41, 5.74) is 1.23. The molecule has 1 aromatic carbocycles. The van der Waals surface area contributed by atoms with E-state index >= 15 is 0 Å². The number of aliphatic hydroxyl groups is 1. The molecule has 0 amide bonds. The summed E-state index contributed by atoms with van der Waals surface area (Å²) in [6.07, 6.45) is 0.882. The molecule has 4 heteroatoms. The van der Waals surface area contributed by atoms with Gasteiger partial charge in [0.15, 0.2) is 0 Å². The lowest BCUT2D eigenvalue weighted by molar-refractivity contribution is 0.0322. The van der Waals surface area contributed by atoms with Crippen LogP contribution in [0.15, 0.2) is 24.3 Å². The average molecular weight is 306 g/mol. The maximum atomic E-state index is 9.60. The number of nitrogens with zero attached hydrogens (tertiary/aromatic N) is 2. The zero-order chi connectivity index (χ0) is 15.9. The molecule has 0 bridgehead atoms. The van der Waals surface area contributed by atoms with Gasteiger partial charge in [-0.2, -0.15) is 0 Å². The van der Waals surface area contributed by atoms with E-state index in [0.717, 1.165) is 51.5 Å². The molecule has 1 aliphatic heterocycles. The van der Waals surface area contributed by atoms with Crippen LogP contribution in [0.2, 0.25) is 0 Å². The summed E-state index contributed by atoms with van der Waals surface area (Å²) in [7, 11) is 0. The number of aryl methyl sites for hydroxylation is 1. The van der Waals surface area contributed by atoms with Gasteiger partial charge >= 0.3 is 0 Å². The average Bonchev–Trinajstić information content (AvgIpc) is 2.48. The van der Waals surface area contributed by atoms with Crippen LogP contribution >= 0.6 is 0 Å². The van der Waals surface area contributed by atoms with Crippen LogP contribution in [0.1, 0.15) is 25.8 Å². The first-order valence-electron chi connectivity index (χ1n) is 8.42. The highest BCUT2D eigenvalue weighted by molar-refractivity contribution is 5.27. The number of hydrogen-bond acceptors (Lipinski definition) is 4. The molecular weight excluding hydrogens is 276 g/mol. The SMILES string of the molecule is CC[C@@H]1CN(CCOc2cccc(C)c2)CCN1C[C@@H](C)O. The first-order chi connectivity index (χ1) is 10.6. The molecule has 22 heavy (non-hydrogen) atoms. The second-order valence-corrected chi connectivity index (χ2v) is 6.37. The van der Waals surface area contributed by atoms with E-state index in [-0.39, 0.29) is 6.10 Å². The van der Waals surface area contributed by atoms with E-state index in [1.807, 2.05) is 19.1 Å². The van der Waals surface area contributed by atoms with Crippen LogP contribution in [0.3, 0.4) is 0 Å². The fraction of sp³-hybridized carbons (Fsp3) is 0.667. The lowest BCUT2D eigenvalue weighted by Crippen LogP contribution is -2.55. The highest BCUT2D eigenvalue weighted by Gasteiger charge is 2.26. The second kappa shape index (κ2) is 8.51. The molecule has 0 unspecified atom stereocenters. The Kier molecular flexibility index (Phi) is 6.68. The van der Waals surface area contributed by atoms with Crippen molar-refractivity contribution in [3.63, 3.8) is 0 Å². The van der Waals surface area contributed by atoms with Crippen LogP contribution in [-0.2, 0) is 0 Å². The molecular formula is C18H30N2O2. The van der Waals surface area contributed by atoms with Gasteiger partial charge < -0.3 is 9.84 Å². The maximum Gasteiger partial charge on any atom is 0.119 e. The Bertz CT molecular complexity index is 450. The van der Waals surface area contributed by atoms with Crippen LogP contribution in [0.25, 0.3) is 0 Å². The summed E-state index contributed by atoms with van der Waals surface area (Å²) in [5, 5.41) is 9.60. The summed E-state index contributed by atoms with van der Waals surface area (Å²) in [5.74, 6) is 0.958. The van der Waals surface area contributed by atoms with Gasteiger partial charge in [-0.3, -0.25) is 9.80 Å². The van der Waals surface area contributed by atoms with E-state index < -0.39 is 0 Å². The standard InChI is InChI=1S/C18H30N2O2/c1-4-17-14-19(8-9-20(17)13-16(3)21)10-11-22-18-7-5-6-15(2)12-18/h5-7,12,16-17,21H,4,8-11,13-14H2,1-3H3/t16-,17-/m1/s1. The van der Waals surface area contributed by atoms with Crippen LogP contribution < -0.4 is 4.74 Å². The zero-order valence-corrected chi connectivity index (χ0v) is 14.2. The van der Waals surface area contributed by atoms with Crippen molar-refractivity contribution < 1.29 is 9.84 Å². The smallest absolute Gasteiger partial charge is 0.119 e. The van der Waals surface area contributed by atoms with Crippen molar-refractivity contribution in [3.05, 3.63) is 29.8 Å². The lowest BCUT2D eigenvalue weighted by Gasteiger charge is -2.41. The number of aliphatic hydroxyl groups excluding tert-OH is 1. The fourth-order valence-electron chi connectivity index (χ4n) is 3.13. The van der Waals surface area contributed by atoms with E-state index in [4.69, 9.17) is 4.74 Å². The number of benzene rings is 1. The molecule has 2 atom stereocenters. The van der Waals surface area contributed by atoms with Crippen molar-refractivity contribution >= 4 is 0 Å². The number of piperazine rings is 1. The van der Waals surface area contributed by atoms with Crippen LogP contribution in [0.5, 0.6) is 5.75 Å². The largest absolute Gasteiger partial charge is 0.492 e. The third kappa shape index (κ3) is 5.27. The first kappa shape index (κ1) is 17.3. The zero-order valence-electron chi connectivity index (χ0n) is 14.2. The first-order valence-corrected chi connectivity index (χ1v) is 8.42. The summed E-state index contributed by atoms with van der Waals surface area (Å²) in [6, 6.07) is 8.76. The normalized spacial score (nSPS) is 21.7. The molecule has 4 nitrogen and oxygen atoms in total. The molecule has 1 N–H and O–H groups in total. The lowest BCUT2D eigenvalue weighted by atomic mass is 10.1. The van der Waals surface area contributed by atoms with Crippen LogP contribution in [-0.4, -0.2) is 66.4 Å². The van der Waals surface area contributed by atoms with Gasteiger partial charge in [-0.25, -0.2) is 0 Å². The van der Waals surface area contributed by atoms with Crippen molar-refractivity contribution in [1.82, 2.24) is 9.80 Å². The minimum absolute atomic E-state index is 0.245. The van der Waals surface area contributed by atoms with Gasteiger partial charge in [0.1, 0.15) is 12.4 Å². The van der Waals surface area contributed by atoms with E-state index in [2.05, 4.69) is 35.8 Å². The van der Waals surface area contributed by atoms with Crippen molar-refractivity contribution in [2.75, 3.05) is 39.3 Å². The summed E-state index contributed by atoms with van der Waals surface area (Å²) in [6.45, 7) is 11.8. The van der Waals surface area contributed by atoms with Crippen molar-refractivity contribution in [3.8, 4) is 5.75 Å². The van der Waals surface area contributed by atoms with Crippen molar-refractivity contribution in [2.24, 2.45) is 0 Å². The van der Waals surface area contributed by atoms with Crippen molar-refractivity contribution in [1.29, 1.82) is 0 Å². The molecule has 0 aromatic heterocycles. The van der Waals surface area contributed by atoms with Gasteiger partial charge in [0.25, 0.3) is 0 Å². The molecule has 2 rings (SSSR count).